The van der Waals surface area contributed by atoms with E-state index in [-0.39, 0.29) is 5.41 Å². The van der Waals surface area contributed by atoms with E-state index in [0.717, 1.165) is 50.5 Å². The van der Waals surface area contributed by atoms with Gasteiger partial charge in [-0.3, -0.25) is 0 Å². The number of aryl methyl sites for hydroxylation is 1. The molecule has 0 atom stereocenters. The summed E-state index contributed by atoms with van der Waals surface area (Å²) in [5.41, 5.74) is 6.80. The van der Waals surface area contributed by atoms with Gasteiger partial charge in [0.05, 0.1) is 5.69 Å². The molecule has 148 valence electrons. The summed E-state index contributed by atoms with van der Waals surface area (Å²) in [6.45, 7) is 3.06. The molecule has 1 saturated heterocycles. The number of piperidine rings is 1. The number of fused-ring (bicyclic) bond motifs is 4. The molecule has 0 bridgehead atoms. The van der Waals surface area contributed by atoms with Crippen molar-refractivity contribution in [3.8, 4) is 11.3 Å². The molecule has 1 aromatic heterocycles. The Morgan fingerprint density at radius 2 is 1.76 bits per heavy atom. The van der Waals surface area contributed by atoms with Gasteiger partial charge in [0.1, 0.15) is 0 Å². The molecule has 0 unspecified atom stereocenters. The molecule has 2 aromatic carbocycles. The lowest BCUT2D eigenvalue weighted by Gasteiger charge is -2.42. The fraction of sp³-hybridized carbons (Fsp3) is 0.360. The molecule has 1 spiro atoms. The third-order valence-electron chi connectivity index (χ3n) is 6.48. The summed E-state index contributed by atoms with van der Waals surface area (Å²) in [6.07, 6.45) is 7.61. The van der Waals surface area contributed by atoms with Gasteiger partial charge in [-0.15, -0.1) is 0 Å². The van der Waals surface area contributed by atoms with Crippen LogP contribution in [0.4, 0.5) is 5.95 Å². The molecule has 1 aliphatic carbocycles. The van der Waals surface area contributed by atoms with Crippen molar-refractivity contribution in [3.63, 3.8) is 0 Å². The van der Waals surface area contributed by atoms with E-state index in [2.05, 4.69) is 76.4 Å². The monoisotopic (exact) mass is 384 g/mol. The van der Waals surface area contributed by atoms with Crippen molar-refractivity contribution in [3.05, 3.63) is 77.5 Å². The van der Waals surface area contributed by atoms with Crippen molar-refractivity contribution >= 4 is 5.95 Å². The van der Waals surface area contributed by atoms with Gasteiger partial charge in [0.25, 0.3) is 0 Å². The molecule has 4 heteroatoms. The standard InChI is InChI=1S/C25H28N4/c1-2-7-19(8-3-1)9-6-14-27-24-28-18-20-17-25(12-15-26-16-13-25)22-11-5-4-10-21(22)23(20)29-24/h1-5,7-8,10-11,18,26H,6,9,12-17H2,(H,27,28,29). The summed E-state index contributed by atoms with van der Waals surface area (Å²) >= 11 is 0. The van der Waals surface area contributed by atoms with Crippen molar-refractivity contribution in [2.75, 3.05) is 25.0 Å². The highest BCUT2D eigenvalue weighted by molar-refractivity contribution is 5.72. The third kappa shape index (κ3) is 3.65. The average Bonchev–Trinajstić information content (AvgIpc) is 2.79. The SMILES string of the molecule is c1ccc(CCCNc2ncc3c(n2)-c2ccccc2C2(CCNCC2)C3)cc1. The van der Waals surface area contributed by atoms with E-state index in [9.17, 15) is 0 Å². The van der Waals surface area contributed by atoms with Crippen molar-refractivity contribution in [1.29, 1.82) is 0 Å². The molecular weight excluding hydrogens is 356 g/mol. The van der Waals surface area contributed by atoms with Gasteiger partial charge in [0.15, 0.2) is 0 Å². The zero-order chi connectivity index (χ0) is 19.5. The fourth-order valence-electron chi connectivity index (χ4n) is 4.96. The highest BCUT2D eigenvalue weighted by Crippen LogP contribution is 2.46. The van der Waals surface area contributed by atoms with Crippen LogP contribution in [0.25, 0.3) is 11.3 Å². The molecule has 1 aliphatic heterocycles. The topological polar surface area (TPSA) is 49.8 Å². The molecule has 0 saturated carbocycles. The Labute approximate surface area is 172 Å². The number of nitrogens with one attached hydrogen (secondary N) is 2. The Morgan fingerprint density at radius 1 is 0.966 bits per heavy atom. The van der Waals surface area contributed by atoms with Gasteiger partial charge in [0.2, 0.25) is 5.95 Å². The predicted octanol–water partition coefficient (Wildman–Crippen LogP) is 4.37. The molecule has 0 amide bonds. The number of hydrogen-bond donors (Lipinski definition) is 2. The van der Waals surface area contributed by atoms with E-state index >= 15 is 0 Å². The summed E-state index contributed by atoms with van der Waals surface area (Å²) in [7, 11) is 0. The molecule has 4 nitrogen and oxygen atoms in total. The summed E-state index contributed by atoms with van der Waals surface area (Å²) in [5.74, 6) is 0.743. The van der Waals surface area contributed by atoms with E-state index < -0.39 is 0 Å². The van der Waals surface area contributed by atoms with Crippen LogP contribution in [-0.2, 0) is 18.3 Å². The second-order valence-electron chi connectivity index (χ2n) is 8.34. The first-order chi connectivity index (χ1) is 14.3. The van der Waals surface area contributed by atoms with Crippen LogP contribution >= 0.6 is 0 Å². The zero-order valence-electron chi connectivity index (χ0n) is 16.8. The van der Waals surface area contributed by atoms with Gasteiger partial charge in [-0.05, 0) is 61.9 Å². The molecule has 2 aliphatic rings. The van der Waals surface area contributed by atoms with E-state index in [1.165, 1.54) is 35.1 Å². The summed E-state index contributed by atoms with van der Waals surface area (Å²) in [5, 5.41) is 6.95. The Hall–Kier alpha value is -2.72. The smallest absolute Gasteiger partial charge is 0.223 e. The lowest BCUT2D eigenvalue weighted by Crippen LogP contribution is -2.43. The lowest BCUT2D eigenvalue weighted by atomic mass is 9.64. The Kier molecular flexibility index (Phi) is 5.03. The minimum atomic E-state index is 0.239. The molecule has 29 heavy (non-hydrogen) atoms. The van der Waals surface area contributed by atoms with Crippen LogP contribution in [0.15, 0.2) is 60.8 Å². The number of aromatic nitrogens is 2. The third-order valence-corrected chi connectivity index (χ3v) is 6.48. The maximum absolute atomic E-state index is 4.94. The lowest BCUT2D eigenvalue weighted by molar-refractivity contribution is 0.302. The van der Waals surface area contributed by atoms with Gasteiger partial charge in [0, 0.05) is 23.7 Å². The van der Waals surface area contributed by atoms with E-state index in [1.54, 1.807) is 0 Å². The number of anilines is 1. The maximum atomic E-state index is 4.94. The van der Waals surface area contributed by atoms with Gasteiger partial charge < -0.3 is 10.6 Å². The fourth-order valence-corrected chi connectivity index (χ4v) is 4.96. The second-order valence-corrected chi connectivity index (χ2v) is 8.34. The molecule has 2 heterocycles. The van der Waals surface area contributed by atoms with Crippen molar-refractivity contribution in [1.82, 2.24) is 15.3 Å². The number of benzene rings is 2. The van der Waals surface area contributed by atoms with Crippen LogP contribution in [0.2, 0.25) is 0 Å². The first-order valence-corrected chi connectivity index (χ1v) is 10.8. The zero-order valence-corrected chi connectivity index (χ0v) is 16.8. The predicted molar refractivity (Wildman–Crippen MR) is 118 cm³/mol. The van der Waals surface area contributed by atoms with Crippen LogP contribution in [-0.4, -0.2) is 29.6 Å². The minimum absolute atomic E-state index is 0.239. The van der Waals surface area contributed by atoms with Crippen LogP contribution in [0.5, 0.6) is 0 Å². The second kappa shape index (κ2) is 7.96. The molecule has 0 radical (unpaired) electrons. The van der Waals surface area contributed by atoms with Gasteiger partial charge in [-0.1, -0.05) is 54.6 Å². The number of hydrogen-bond acceptors (Lipinski definition) is 4. The van der Waals surface area contributed by atoms with Crippen LogP contribution in [0.3, 0.4) is 0 Å². The molecule has 3 aromatic rings. The van der Waals surface area contributed by atoms with Crippen LogP contribution < -0.4 is 10.6 Å². The van der Waals surface area contributed by atoms with E-state index in [0.29, 0.717) is 0 Å². The number of nitrogens with zero attached hydrogens (tertiary/aromatic N) is 2. The molecule has 2 N–H and O–H groups in total. The summed E-state index contributed by atoms with van der Waals surface area (Å²) in [6, 6.07) is 19.5. The Morgan fingerprint density at radius 3 is 2.62 bits per heavy atom. The summed E-state index contributed by atoms with van der Waals surface area (Å²) in [4.78, 5) is 9.59. The first-order valence-electron chi connectivity index (χ1n) is 10.8. The quantitative estimate of drug-likeness (QED) is 0.642. The normalized spacial score (nSPS) is 16.8. The molecule has 5 rings (SSSR count). The highest BCUT2D eigenvalue weighted by atomic mass is 15.1. The largest absolute Gasteiger partial charge is 0.354 e. The van der Waals surface area contributed by atoms with Crippen molar-refractivity contribution in [2.24, 2.45) is 0 Å². The van der Waals surface area contributed by atoms with Crippen LogP contribution in [0.1, 0.15) is 36.0 Å². The van der Waals surface area contributed by atoms with Gasteiger partial charge in [-0.2, -0.15) is 0 Å². The van der Waals surface area contributed by atoms with E-state index in [4.69, 9.17) is 4.98 Å². The minimum Gasteiger partial charge on any atom is -0.354 e. The summed E-state index contributed by atoms with van der Waals surface area (Å²) < 4.78 is 0. The Bertz CT molecular complexity index is 977. The molecular formula is C25H28N4. The number of rotatable bonds is 5. The highest BCUT2D eigenvalue weighted by Gasteiger charge is 2.40. The maximum Gasteiger partial charge on any atom is 0.223 e. The van der Waals surface area contributed by atoms with Crippen LogP contribution in [0, 0.1) is 0 Å². The first kappa shape index (κ1) is 18.3. The van der Waals surface area contributed by atoms with Gasteiger partial charge in [-0.25, -0.2) is 9.97 Å². The van der Waals surface area contributed by atoms with Gasteiger partial charge >= 0.3 is 0 Å². The molecule has 1 fully saturated rings. The van der Waals surface area contributed by atoms with E-state index in [1.807, 2.05) is 0 Å². The Balaban J connectivity index is 1.34. The van der Waals surface area contributed by atoms with Crippen molar-refractivity contribution in [2.45, 2.75) is 37.5 Å². The van der Waals surface area contributed by atoms with Crippen molar-refractivity contribution < 1.29 is 0 Å². The average molecular weight is 385 g/mol.